The van der Waals surface area contributed by atoms with Crippen molar-refractivity contribution in [1.82, 2.24) is 25.9 Å². The standard InChI is InChI=1S/C27H32N6O8/c28-20(9-15-1-5-18(35)6-2-15)24(37)31-21(11-17-12-29-14-30-17)25(38)33-23(13-34)26(39)32-22(27(40)41)10-16-3-7-19(36)8-4-16/h1-8,12,14,20-23,34-36H,9-11,13,28H2,(H,29,30)(H,31,37)(H,32,39)(H,33,38)(H,40,41). The minimum absolute atomic E-state index is 0.00852. The Labute approximate surface area is 234 Å². The minimum atomic E-state index is -1.53. The van der Waals surface area contributed by atoms with Crippen LogP contribution < -0.4 is 21.7 Å². The number of aliphatic carboxylic acids is 1. The number of aromatic nitrogens is 2. The van der Waals surface area contributed by atoms with E-state index in [1.807, 2.05) is 0 Å². The molecule has 0 bridgehead atoms. The number of carbonyl (C=O) groups is 4. The fourth-order valence-electron chi connectivity index (χ4n) is 3.89. The van der Waals surface area contributed by atoms with Crippen molar-refractivity contribution in [2.45, 2.75) is 43.4 Å². The van der Waals surface area contributed by atoms with Gasteiger partial charge < -0.3 is 47.1 Å². The zero-order chi connectivity index (χ0) is 29.9. The molecule has 0 spiro atoms. The fourth-order valence-corrected chi connectivity index (χ4v) is 3.89. The number of benzene rings is 2. The van der Waals surface area contributed by atoms with E-state index in [0.717, 1.165) is 0 Å². The Kier molecular flexibility index (Phi) is 10.8. The molecule has 1 aromatic heterocycles. The van der Waals surface area contributed by atoms with Crippen LogP contribution in [-0.2, 0) is 38.4 Å². The van der Waals surface area contributed by atoms with Crippen molar-refractivity contribution < 1.29 is 39.6 Å². The van der Waals surface area contributed by atoms with Crippen molar-refractivity contribution in [2.75, 3.05) is 6.61 Å². The fraction of sp³-hybridized carbons (Fsp3) is 0.296. The van der Waals surface area contributed by atoms with E-state index in [4.69, 9.17) is 5.73 Å². The molecule has 0 aliphatic rings. The first-order chi connectivity index (χ1) is 19.5. The number of nitrogens with one attached hydrogen (secondary N) is 4. The van der Waals surface area contributed by atoms with Crippen LogP contribution in [0, 0.1) is 0 Å². The molecule has 4 unspecified atom stereocenters. The third-order valence-electron chi connectivity index (χ3n) is 6.15. The smallest absolute Gasteiger partial charge is 0.326 e. The van der Waals surface area contributed by atoms with Gasteiger partial charge in [0.2, 0.25) is 17.7 Å². The van der Waals surface area contributed by atoms with Crippen molar-refractivity contribution in [3.63, 3.8) is 0 Å². The van der Waals surface area contributed by atoms with E-state index >= 15 is 0 Å². The normalized spacial score (nSPS) is 13.8. The number of imidazole rings is 1. The second-order valence-corrected chi connectivity index (χ2v) is 9.33. The summed E-state index contributed by atoms with van der Waals surface area (Å²) in [7, 11) is 0. The van der Waals surface area contributed by atoms with Gasteiger partial charge in [-0.25, -0.2) is 9.78 Å². The maximum Gasteiger partial charge on any atom is 0.326 e. The van der Waals surface area contributed by atoms with Crippen LogP contribution in [0.5, 0.6) is 11.5 Å². The number of H-pyrrole nitrogens is 1. The highest BCUT2D eigenvalue weighted by Crippen LogP contribution is 2.13. The van der Waals surface area contributed by atoms with Crippen LogP contribution >= 0.6 is 0 Å². The van der Waals surface area contributed by atoms with Gasteiger partial charge in [0.25, 0.3) is 0 Å². The summed E-state index contributed by atoms with van der Waals surface area (Å²) in [5.41, 5.74) is 7.73. The van der Waals surface area contributed by atoms with E-state index in [0.29, 0.717) is 16.8 Å². The summed E-state index contributed by atoms with van der Waals surface area (Å²) in [5, 5.41) is 45.4. The largest absolute Gasteiger partial charge is 0.508 e. The summed E-state index contributed by atoms with van der Waals surface area (Å²) in [6.07, 6.45) is 2.77. The van der Waals surface area contributed by atoms with Crippen LogP contribution in [0.15, 0.2) is 61.1 Å². The van der Waals surface area contributed by atoms with E-state index in [9.17, 15) is 39.6 Å². The molecule has 3 aromatic rings. The van der Waals surface area contributed by atoms with Gasteiger partial charge in [0.1, 0.15) is 29.6 Å². The van der Waals surface area contributed by atoms with Crippen molar-refractivity contribution >= 4 is 23.7 Å². The van der Waals surface area contributed by atoms with Crippen LogP contribution in [0.4, 0.5) is 0 Å². The molecule has 0 aliphatic heterocycles. The number of rotatable bonds is 14. The monoisotopic (exact) mass is 568 g/mol. The van der Waals surface area contributed by atoms with Crippen LogP contribution in [0.3, 0.4) is 0 Å². The molecule has 2 aromatic carbocycles. The molecule has 41 heavy (non-hydrogen) atoms. The molecule has 10 N–H and O–H groups in total. The number of hydrogen-bond acceptors (Lipinski definition) is 9. The molecule has 0 aliphatic carbocycles. The predicted molar refractivity (Wildman–Crippen MR) is 144 cm³/mol. The third kappa shape index (κ3) is 9.33. The third-order valence-corrected chi connectivity index (χ3v) is 6.15. The number of carboxylic acids is 1. The lowest BCUT2D eigenvalue weighted by atomic mass is 10.0. The lowest BCUT2D eigenvalue weighted by Gasteiger charge is -2.24. The molecule has 14 heteroatoms. The number of phenolic OH excluding ortho intramolecular Hbond substituents is 2. The highest BCUT2D eigenvalue weighted by atomic mass is 16.4. The molecular formula is C27H32N6O8. The first kappa shape index (κ1) is 30.6. The van der Waals surface area contributed by atoms with Crippen molar-refractivity contribution in [3.8, 4) is 11.5 Å². The zero-order valence-electron chi connectivity index (χ0n) is 21.9. The Bertz CT molecular complexity index is 1310. The molecule has 1 heterocycles. The van der Waals surface area contributed by atoms with Gasteiger partial charge in [0.15, 0.2) is 0 Å². The van der Waals surface area contributed by atoms with Crippen molar-refractivity contribution in [2.24, 2.45) is 5.73 Å². The zero-order valence-corrected chi connectivity index (χ0v) is 21.9. The summed E-state index contributed by atoms with van der Waals surface area (Å²) in [4.78, 5) is 57.3. The summed E-state index contributed by atoms with van der Waals surface area (Å²) >= 11 is 0. The molecule has 0 saturated carbocycles. The average molecular weight is 569 g/mol. The minimum Gasteiger partial charge on any atom is -0.508 e. The van der Waals surface area contributed by atoms with Gasteiger partial charge in [-0.15, -0.1) is 0 Å². The summed E-state index contributed by atoms with van der Waals surface area (Å²) in [5.74, 6) is -3.75. The summed E-state index contributed by atoms with van der Waals surface area (Å²) in [6.45, 7) is -0.853. The molecule has 4 atom stereocenters. The Morgan fingerprint density at radius 3 is 1.78 bits per heavy atom. The van der Waals surface area contributed by atoms with Crippen LogP contribution in [0.25, 0.3) is 0 Å². The molecule has 218 valence electrons. The van der Waals surface area contributed by atoms with Gasteiger partial charge in [-0.3, -0.25) is 14.4 Å². The van der Waals surface area contributed by atoms with E-state index in [2.05, 4.69) is 25.9 Å². The average Bonchev–Trinajstić information content (AvgIpc) is 3.46. The lowest BCUT2D eigenvalue weighted by Crippen LogP contribution is -2.58. The molecule has 3 rings (SSSR count). The highest BCUT2D eigenvalue weighted by Gasteiger charge is 2.30. The number of carbonyl (C=O) groups excluding carboxylic acids is 3. The van der Waals surface area contributed by atoms with E-state index in [1.165, 1.54) is 48.9 Å². The second kappa shape index (κ2) is 14.4. The number of nitrogens with zero attached hydrogens (tertiary/aromatic N) is 1. The predicted octanol–water partition coefficient (Wildman–Crippen LogP) is -1.29. The van der Waals surface area contributed by atoms with E-state index in [1.54, 1.807) is 12.1 Å². The van der Waals surface area contributed by atoms with Gasteiger partial charge in [0, 0.05) is 24.7 Å². The quantitative estimate of drug-likeness (QED) is 0.111. The number of carboxylic acid groups (broad SMARTS) is 1. The number of hydrogen-bond donors (Lipinski definition) is 9. The molecule has 0 fully saturated rings. The number of nitrogens with two attached hydrogens (primary N) is 1. The van der Waals surface area contributed by atoms with Crippen LogP contribution in [0.1, 0.15) is 16.8 Å². The summed E-state index contributed by atoms with van der Waals surface area (Å²) in [6, 6.07) is 6.65. The van der Waals surface area contributed by atoms with Crippen molar-refractivity contribution in [1.29, 1.82) is 0 Å². The molecule has 14 nitrogen and oxygen atoms in total. The van der Waals surface area contributed by atoms with E-state index in [-0.39, 0.29) is 30.8 Å². The second-order valence-electron chi connectivity index (χ2n) is 9.33. The maximum absolute atomic E-state index is 13.2. The SMILES string of the molecule is NC(Cc1ccc(O)cc1)C(=O)NC(Cc1cnc[nH]1)C(=O)NC(CO)C(=O)NC(Cc1ccc(O)cc1)C(=O)O. The number of phenols is 2. The number of aliphatic hydroxyl groups excluding tert-OH is 1. The van der Waals surface area contributed by atoms with Crippen LogP contribution in [-0.4, -0.2) is 84.9 Å². The number of aromatic hydroxyl groups is 2. The number of amides is 3. The van der Waals surface area contributed by atoms with E-state index < -0.39 is 54.5 Å². The molecule has 3 amide bonds. The molecule has 0 radical (unpaired) electrons. The van der Waals surface area contributed by atoms with Crippen LogP contribution in [0.2, 0.25) is 0 Å². The van der Waals surface area contributed by atoms with Gasteiger partial charge >= 0.3 is 5.97 Å². The molecular weight excluding hydrogens is 536 g/mol. The molecule has 0 saturated heterocycles. The number of aliphatic hydroxyl groups is 1. The maximum atomic E-state index is 13.2. The first-order valence-electron chi connectivity index (χ1n) is 12.6. The Balaban J connectivity index is 1.67. The van der Waals surface area contributed by atoms with Gasteiger partial charge in [-0.2, -0.15) is 0 Å². The lowest BCUT2D eigenvalue weighted by molar-refractivity contribution is -0.142. The summed E-state index contributed by atoms with van der Waals surface area (Å²) < 4.78 is 0. The van der Waals surface area contributed by atoms with Crippen molar-refractivity contribution in [3.05, 3.63) is 77.9 Å². The topological polar surface area (TPSA) is 240 Å². The Morgan fingerprint density at radius 2 is 1.27 bits per heavy atom. The Morgan fingerprint density at radius 1 is 0.756 bits per heavy atom. The number of aromatic amines is 1. The van der Waals surface area contributed by atoms with Gasteiger partial charge in [-0.1, -0.05) is 24.3 Å². The highest BCUT2D eigenvalue weighted by molar-refractivity contribution is 5.94. The van der Waals surface area contributed by atoms with Gasteiger partial charge in [0.05, 0.1) is 19.0 Å². The van der Waals surface area contributed by atoms with Gasteiger partial charge in [-0.05, 0) is 41.8 Å². The Hall–Kier alpha value is -4.95. The first-order valence-corrected chi connectivity index (χ1v) is 12.6.